The molecule has 1 unspecified atom stereocenters. The molecule has 32 heavy (non-hydrogen) atoms. The number of rotatable bonds is 4. The Hall–Kier alpha value is -2.84. The molecule has 0 amide bonds. The molecule has 2 aromatic rings. The van der Waals surface area contributed by atoms with Gasteiger partial charge in [0, 0.05) is 17.7 Å². The maximum atomic E-state index is 14.5. The first-order valence-electron chi connectivity index (χ1n) is 10.5. The van der Waals surface area contributed by atoms with Crippen LogP contribution in [0.3, 0.4) is 0 Å². The smallest absolute Gasteiger partial charge is 0.489 e. The quantitative estimate of drug-likeness (QED) is 0.444. The van der Waals surface area contributed by atoms with Crippen molar-refractivity contribution >= 4 is 30.3 Å². The fraction of sp³-hybridized carbons (Fsp3) is 0.375. The summed E-state index contributed by atoms with van der Waals surface area (Å²) in [6.07, 6.45) is 2.54. The number of fused-ring (bicyclic) bond motifs is 1. The van der Waals surface area contributed by atoms with Gasteiger partial charge < -0.3 is 24.1 Å². The summed E-state index contributed by atoms with van der Waals surface area (Å²) < 4.78 is 37.3. The lowest BCUT2D eigenvalue weighted by molar-refractivity contribution is -0.134. The maximum Gasteiger partial charge on any atom is 0.494 e. The summed E-state index contributed by atoms with van der Waals surface area (Å²) in [7, 11) is 0.809. The van der Waals surface area contributed by atoms with E-state index in [0.29, 0.717) is 18.0 Å². The number of benzene rings is 2. The van der Waals surface area contributed by atoms with E-state index in [-0.39, 0.29) is 11.6 Å². The van der Waals surface area contributed by atoms with Gasteiger partial charge in [0.25, 0.3) is 0 Å². The molecule has 1 fully saturated rings. The van der Waals surface area contributed by atoms with Gasteiger partial charge in [-0.25, -0.2) is 9.18 Å². The van der Waals surface area contributed by atoms with Crippen molar-refractivity contribution in [1.82, 2.24) is 0 Å². The Labute approximate surface area is 187 Å². The first kappa shape index (κ1) is 22.4. The number of esters is 1. The van der Waals surface area contributed by atoms with E-state index in [4.69, 9.17) is 14.0 Å². The molecular weight excluding hydrogens is 412 g/mol. The minimum atomic E-state index is -0.553. The number of hydrogen-bond donors (Lipinski definition) is 1. The van der Waals surface area contributed by atoms with Crippen molar-refractivity contribution in [2.24, 2.45) is 0 Å². The molecule has 4 rings (SSSR count). The van der Waals surface area contributed by atoms with Crippen molar-refractivity contribution in [2.75, 3.05) is 19.0 Å². The van der Waals surface area contributed by atoms with Crippen LogP contribution in [0.4, 0.5) is 10.1 Å². The lowest BCUT2D eigenvalue weighted by Crippen LogP contribution is -2.41. The Bertz CT molecular complexity index is 1050. The van der Waals surface area contributed by atoms with Gasteiger partial charge >= 0.3 is 13.1 Å². The van der Waals surface area contributed by atoms with Gasteiger partial charge in [-0.1, -0.05) is 24.3 Å². The molecule has 2 aromatic carbocycles. The summed E-state index contributed by atoms with van der Waals surface area (Å²) in [4.78, 5) is 11.3. The molecule has 0 bridgehead atoms. The third-order valence-electron chi connectivity index (χ3n) is 6.27. The predicted octanol–water partition coefficient (Wildman–Crippen LogP) is 3.86. The van der Waals surface area contributed by atoms with Gasteiger partial charge in [-0.3, -0.25) is 0 Å². The largest absolute Gasteiger partial charge is 0.494 e. The van der Waals surface area contributed by atoms with E-state index < -0.39 is 30.1 Å². The van der Waals surface area contributed by atoms with Crippen molar-refractivity contribution in [1.29, 1.82) is 0 Å². The van der Waals surface area contributed by atoms with E-state index in [1.165, 1.54) is 25.3 Å². The molecule has 2 aliphatic heterocycles. The van der Waals surface area contributed by atoms with Crippen LogP contribution in [0.5, 0.6) is 5.75 Å². The second-order valence-corrected chi connectivity index (χ2v) is 8.99. The molecule has 0 spiro atoms. The van der Waals surface area contributed by atoms with E-state index in [9.17, 15) is 9.18 Å². The molecule has 168 valence electrons. The molecule has 1 atom stereocenters. The monoisotopic (exact) mass is 439 g/mol. The van der Waals surface area contributed by atoms with E-state index in [1.807, 2.05) is 52.0 Å². The van der Waals surface area contributed by atoms with Gasteiger partial charge in [0.1, 0.15) is 18.2 Å². The van der Waals surface area contributed by atoms with Crippen molar-refractivity contribution in [2.45, 2.75) is 44.9 Å². The molecule has 2 heterocycles. The summed E-state index contributed by atoms with van der Waals surface area (Å²) in [6, 6.07) is 10.7. The Morgan fingerprint density at radius 3 is 2.59 bits per heavy atom. The lowest BCUT2D eigenvalue weighted by atomic mass is 9.78. The van der Waals surface area contributed by atoms with Gasteiger partial charge in [0.2, 0.25) is 0 Å². The number of carbonyl (C=O) groups excluding carboxylic acids is 1. The molecule has 0 aromatic heterocycles. The zero-order valence-electron chi connectivity index (χ0n) is 18.9. The predicted molar refractivity (Wildman–Crippen MR) is 121 cm³/mol. The van der Waals surface area contributed by atoms with Crippen LogP contribution >= 0.6 is 0 Å². The van der Waals surface area contributed by atoms with E-state index in [0.717, 1.165) is 11.0 Å². The van der Waals surface area contributed by atoms with Crippen molar-refractivity contribution in [3.05, 3.63) is 59.4 Å². The van der Waals surface area contributed by atoms with Gasteiger partial charge in [0.05, 0.1) is 30.0 Å². The van der Waals surface area contributed by atoms with Crippen LogP contribution < -0.4 is 15.5 Å². The highest BCUT2D eigenvalue weighted by Gasteiger charge is 2.51. The summed E-state index contributed by atoms with van der Waals surface area (Å²) in [5.74, 6) is -0.496. The van der Waals surface area contributed by atoms with Crippen LogP contribution in [0.15, 0.2) is 42.5 Å². The van der Waals surface area contributed by atoms with Crippen LogP contribution in [0.25, 0.3) is 6.08 Å². The molecular formula is C24H27BFNO5. The molecule has 6 nitrogen and oxygen atoms in total. The zero-order valence-corrected chi connectivity index (χ0v) is 18.9. The minimum Gasteiger partial charge on any atom is -0.489 e. The summed E-state index contributed by atoms with van der Waals surface area (Å²) >= 11 is 0. The van der Waals surface area contributed by atoms with Gasteiger partial charge in [0.15, 0.2) is 0 Å². The highest BCUT2D eigenvalue weighted by molar-refractivity contribution is 6.62. The summed E-state index contributed by atoms with van der Waals surface area (Å²) in [5, 5.41) is 3.35. The molecule has 2 aliphatic rings. The van der Waals surface area contributed by atoms with Gasteiger partial charge in [-0.05, 0) is 50.9 Å². The second-order valence-electron chi connectivity index (χ2n) is 8.99. The fourth-order valence-corrected chi connectivity index (χ4v) is 3.64. The number of carbonyl (C=O) groups is 1. The lowest BCUT2D eigenvalue weighted by Gasteiger charge is -2.32. The van der Waals surface area contributed by atoms with Crippen LogP contribution in [0, 0.1) is 5.82 Å². The van der Waals surface area contributed by atoms with Crippen molar-refractivity contribution < 1.29 is 28.0 Å². The highest BCUT2D eigenvalue weighted by Crippen LogP contribution is 2.38. The van der Waals surface area contributed by atoms with Gasteiger partial charge in [-0.15, -0.1) is 0 Å². The number of halogens is 1. The molecule has 1 saturated heterocycles. The molecule has 0 radical (unpaired) electrons. The Morgan fingerprint density at radius 2 is 1.91 bits per heavy atom. The number of nitrogens with one attached hydrogen (secondary N) is 1. The number of anilines is 1. The van der Waals surface area contributed by atoms with Crippen LogP contribution in [-0.4, -0.2) is 38.0 Å². The molecule has 1 N–H and O–H groups in total. The van der Waals surface area contributed by atoms with Crippen LogP contribution in [-0.2, 0) is 18.8 Å². The minimum absolute atomic E-state index is 0.166. The maximum absolute atomic E-state index is 14.5. The van der Waals surface area contributed by atoms with Crippen molar-refractivity contribution in [3.63, 3.8) is 0 Å². The second kappa shape index (κ2) is 8.26. The fourth-order valence-electron chi connectivity index (χ4n) is 3.64. The van der Waals surface area contributed by atoms with Crippen LogP contribution in [0.2, 0.25) is 0 Å². The first-order valence-corrected chi connectivity index (χ1v) is 10.5. The Balaban J connectivity index is 1.53. The summed E-state index contributed by atoms with van der Waals surface area (Å²) in [6.45, 7) is 8.45. The average Bonchev–Trinajstić information content (AvgIpc) is 2.98. The van der Waals surface area contributed by atoms with Crippen molar-refractivity contribution in [3.8, 4) is 5.75 Å². The highest BCUT2D eigenvalue weighted by atomic mass is 19.1. The normalized spacial score (nSPS) is 21.1. The number of hydrogen-bond acceptors (Lipinski definition) is 6. The zero-order chi connectivity index (χ0) is 23.1. The van der Waals surface area contributed by atoms with E-state index in [1.54, 1.807) is 6.07 Å². The third-order valence-corrected chi connectivity index (χ3v) is 6.27. The molecule has 0 saturated carbocycles. The SMILES string of the molecule is COC(=O)/C=C/c1cc2c(cc1F)NC(c1cccc(B3OC(C)(C)C(C)(C)O3)c1)CO2. The van der Waals surface area contributed by atoms with Gasteiger partial charge in [-0.2, -0.15) is 0 Å². The average molecular weight is 439 g/mol. The van der Waals surface area contributed by atoms with E-state index >= 15 is 0 Å². The first-order chi connectivity index (χ1) is 15.1. The Kier molecular flexibility index (Phi) is 5.77. The molecule has 0 aliphatic carbocycles. The van der Waals surface area contributed by atoms with E-state index in [2.05, 4.69) is 10.1 Å². The summed E-state index contributed by atoms with van der Waals surface area (Å²) in [5.41, 5.74) is 1.86. The topological polar surface area (TPSA) is 66.0 Å². The standard InChI is InChI=1S/C24H27BFNO5/c1-23(2)24(3,4)32-25(31-23)17-8-6-7-16(11-17)20-14-30-21-12-15(9-10-22(28)29-5)18(26)13-19(21)27-20/h6-13,20,27H,14H2,1-5H3/b10-9+. The number of methoxy groups -OCH3 is 1. The third kappa shape index (κ3) is 4.25. The molecule has 8 heteroatoms. The van der Waals surface area contributed by atoms with Crippen LogP contribution in [0.1, 0.15) is 44.9 Å². The number of ether oxygens (including phenoxy) is 2. The Morgan fingerprint density at radius 1 is 1.19 bits per heavy atom.